The molecule has 1 N–H and O–H groups in total. The normalized spacial score (nSPS) is 23.6. The van der Waals surface area contributed by atoms with Crippen molar-refractivity contribution in [3.63, 3.8) is 0 Å². The van der Waals surface area contributed by atoms with Crippen LogP contribution in [0.25, 0.3) is 6.08 Å². The number of ether oxygens (including phenoxy) is 1. The minimum atomic E-state index is -0.291. The summed E-state index contributed by atoms with van der Waals surface area (Å²) in [6.07, 6.45) is 6.76. The molecule has 1 aliphatic heterocycles. The number of likely N-dealkylation sites (N-methyl/N-ethyl adjacent to an activating group) is 1. The molecule has 0 spiro atoms. The molecule has 0 saturated carbocycles. The molecule has 5 heteroatoms. The number of halogens is 1. The number of carbonyl (C=O) groups excluding carboxylic acids is 1. The maximum absolute atomic E-state index is 11.6. The highest BCUT2D eigenvalue weighted by atomic mass is 35.5. The fraction of sp³-hybridized carbons (Fsp3) is 0.462. The van der Waals surface area contributed by atoms with Crippen molar-refractivity contribution in [2.24, 2.45) is 0 Å². The van der Waals surface area contributed by atoms with E-state index in [0.717, 1.165) is 25.9 Å². The third-order valence-corrected chi connectivity index (χ3v) is 2.92. The van der Waals surface area contributed by atoms with Crippen LogP contribution in [0.1, 0.15) is 18.6 Å². The molecule has 0 bridgehead atoms. The molecule has 1 aromatic heterocycles. The van der Waals surface area contributed by atoms with Crippen molar-refractivity contribution in [1.29, 1.82) is 0 Å². The number of hydrogen-bond acceptors (Lipinski definition) is 3. The standard InChI is InChI=1S/C13H17NO3.ClH/c1-14-8-2-4-12(10-14)17-13(15)7-6-11-5-3-9-16-11;/h3,5-7,9,12H,2,4,8,10H2,1H3;1H/b7-6+;. The zero-order chi connectivity index (χ0) is 12.1. The van der Waals surface area contributed by atoms with E-state index in [1.807, 2.05) is 0 Å². The average molecular weight is 272 g/mol. The predicted molar refractivity (Wildman–Crippen MR) is 63.5 cm³/mol. The first-order chi connectivity index (χ1) is 8.24. The molecule has 1 aromatic rings. The van der Waals surface area contributed by atoms with Crippen LogP contribution in [0.4, 0.5) is 0 Å². The van der Waals surface area contributed by atoms with Gasteiger partial charge in [-0.1, -0.05) is 0 Å². The lowest BCUT2D eigenvalue weighted by Crippen LogP contribution is -3.11. The van der Waals surface area contributed by atoms with E-state index >= 15 is 0 Å². The van der Waals surface area contributed by atoms with E-state index in [9.17, 15) is 4.79 Å². The second kappa shape index (κ2) is 7.24. The molecule has 0 aliphatic carbocycles. The van der Waals surface area contributed by atoms with Gasteiger partial charge in [0.05, 0.1) is 19.9 Å². The quantitative estimate of drug-likeness (QED) is 0.489. The van der Waals surface area contributed by atoms with E-state index in [-0.39, 0.29) is 24.5 Å². The molecule has 1 aliphatic rings. The largest absolute Gasteiger partial charge is 1.00 e. The molecule has 2 atom stereocenters. The molecule has 1 fully saturated rings. The van der Waals surface area contributed by atoms with Crippen LogP contribution in [0.15, 0.2) is 28.9 Å². The number of rotatable bonds is 3. The first-order valence-electron chi connectivity index (χ1n) is 5.97. The zero-order valence-electron chi connectivity index (χ0n) is 10.4. The minimum Gasteiger partial charge on any atom is -1.00 e. The molecular weight excluding hydrogens is 254 g/mol. The summed E-state index contributed by atoms with van der Waals surface area (Å²) in [5, 5.41) is 0. The Labute approximate surface area is 113 Å². The Hall–Kier alpha value is -1.26. The number of piperidine rings is 1. The molecule has 100 valence electrons. The van der Waals surface area contributed by atoms with Gasteiger partial charge in [-0.2, -0.15) is 0 Å². The SMILES string of the molecule is C[NH+]1CCCC(OC(=O)/C=C/c2ccco2)C1.[Cl-]. The molecular formula is C13H18ClNO3. The van der Waals surface area contributed by atoms with Gasteiger partial charge < -0.3 is 26.5 Å². The summed E-state index contributed by atoms with van der Waals surface area (Å²) < 4.78 is 10.5. The van der Waals surface area contributed by atoms with Crippen molar-refractivity contribution in [3.05, 3.63) is 30.2 Å². The molecule has 2 heterocycles. The van der Waals surface area contributed by atoms with E-state index in [4.69, 9.17) is 9.15 Å². The van der Waals surface area contributed by atoms with Gasteiger partial charge >= 0.3 is 5.97 Å². The lowest BCUT2D eigenvalue weighted by atomic mass is 10.1. The maximum atomic E-state index is 11.6. The number of esters is 1. The topological polar surface area (TPSA) is 43.9 Å². The van der Waals surface area contributed by atoms with Gasteiger partial charge in [0.15, 0.2) is 6.10 Å². The third kappa shape index (κ3) is 4.55. The van der Waals surface area contributed by atoms with E-state index in [0.29, 0.717) is 5.76 Å². The minimum absolute atomic E-state index is 0. The highest BCUT2D eigenvalue weighted by molar-refractivity contribution is 5.86. The van der Waals surface area contributed by atoms with Crippen molar-refractivity contribution in [3.8, 4) is 0 Å². The molecule has 4 nitrogen and oxygen atoms in total. The van der Waals surface area contributed by atoms with Crippen LogP contribution in [0, 0.1) is 0 Å². The van der Waals surface area contributed by atoms with Crippen molar-refractivity contribution >= 4 is 12.0 Å². The number of carbonyl (C=O) groups is 1. The molecule has 0 aromatic carbocycles. The van der Waals surface area contributed by atoms with Gasteiger partial charge in [0.2, 0.25) is 0 Å². The molecule has 1 saturated heterocycles. The fourth-order valence-electron chi connectivity index (χ4n) is 2.06. The predicted octanol–water partition coefficient (Wildman–Crippen LogP) is -2.48. The third-order valence-electron chi connectivity index (χ3n) is 2.92. The molecule has 0 amide bonds. The smallest absolute Gasteiger partial charge is 0.331 e. The Morgan fingerprint density at radius 2 is 2.44 bits per heavy atom. The fourth-order valence-corrected chi connectivity index (χ4v) is 2.06. The first kappa shape index (κ1) is 14.8. The van der Waals surface area contributed by atoms with Gasteiger partial charge in [-0.25, -0.2) is 4.79 Å². The summed E-state index contributed by atoms with van der Waals surface area (Å²) in [6, 6.07) is 3.58. The van der Waals surface area contributed by atoms with E-state index in [2.05, 4.69) is 7.05 Å². The monoisotopic (exact) mass is 271 g/mol. The van der Waals surface area contributed by atoms with Gasteiger partial charge in [-0.3, -0.25) is 0 Å². The van der Waals surface area contributed by atoms with Crippen LogP contribution < -0.4 is 17.3 Å². The van der Waals surface area contributed by atoms with Crippen LogP contribution in [-0.2, 0) is 9.53 Å². The maximum Gasteiger partial charge on any atom is 0.331 e. The summed E-state index contributed by atoms with van der Waals surface area (Å²) in [7, 11) is 2.12. The van der Waals surface area contributed by atoms with Crippen LogP contribution in [0.2, 0.25) is 0 Å². The summed E-state index contributed by atoms with van der Waals surface area (Å²) in [6.45, 7) is 2.07. The lowest BCUT2D eigenvalue weighted by Gasteiger charge is -2.26. The van der Waals surface area contributed by atoms with Gasteiger partial charge in [-0.15, -0.1) is 0 Å². The van der Waals surface area contributed by atoms with Crippen molar-refractivity contribution in [1.82, 2.24) is 0 Å². The summed E-state index contributed by atoms with van der Waals surface area (Å²) in [4.78, 5) is 13.0. The number of hydrogen-bond donors (Lipinski definition) is 1. The van der Waals surface area contributed by atoms with Gasteiger partial charge in [0.25, 0.3) is 0 Å². The molecule has 18 heavy (non-hydrogen) atoms. The zero-order valence-corrected chi connectivity index (χ0v) is 11.2. The van der Waals surface area contributed by atoms with Crippen LogP contribution in [-0.4, -0.2) is 32.2 Å². The number of nitrogens with one attached hydrogen (secondary N) is 1. The van der Waals surface area contributed by atoms with E-state index < -0.39 is 0 Å². The van der Waals surface area contributed by atoms with Gasteiger partial charge in [0.1, 0.15) is 12.3 Å². The first-order valence-corrected chi connectivity index (χ1v) is 5.97. The van der Waals surface area contributed by atoms with Crippen molar-refractivity contribution in [2.75, 3.05) is 20.1 Å². The van der Waals surface area contributed by atoms with E-state index in [1.165, 1.54) is 11.0 Å². The van der Waals surface area contributed by atoms with Crippen LogP contribution in [0.3, 0.4) is 0 Å². The summed E-state index contributed by atoms with van der Waals surface area (Å²) in [5.41, 5.74) is 0. The Morgan fingerprint density at radius 3 is 3.11 bits per heavy atom. The second-order valence-electron chi connectivity index (χ2n) is 4.46. The number of likely N-dealkylation sites (tertiary alicyclic amines) is 1. The highest BCUT2D eigenvalue weighted by Gasteiger charge is 2.22. The van der Waals surface area contributed by atoms with Crippen molar-refractivity contribution in [2.45, 2.75) is 18.9 Å². The lowest BCUT2D eigenvalue weighted by molar-refractivity contribution is -0.888. The van der Waals surface area contributed by atoms with Gasteiger partial charge in [0, 0.05) is 12.5 Å². The Kier molecular flexibility index (Phi) is 5.95. The number of quaternary nitrogens is 1. The Balaban J connectivity index is 0.00000162. The molecule has 0 radical (unpaired) electrons. The Morgan fingerprint density at radius 1 is 1.61 bits per heavy atom. The summed E-state index contributed by atoms with van der Waals surface area (Å²) in [5.74, 6) is 0.370. The molecule has 2 rings (SSSR count). The van der Waals surface area contributed by atoms with E-state index in [1.54, 1.807) is 24.5 Å². The van der Waals surface area contributed by atoms with Crippen molar-refractivity contribution < 1.29 is 31.3 Å². The highest BCUT2D eigenvalue weighted by Crippen LogP contribution is 2.06. The summed E-state index contributed by atoms with van der Waals surface area (Å²) >= 11 is 0. The van der Waals surface area contributed by atoms with Gasteiger partial charge in [-0.05, 0) is 24.6 Å². The number of furan rings is 1. The Bertz CT molecular complexity index is 389. The second-order valence-corrected chi connectivity index (χ2v) is 4.46. The van der Waals surface area contributed by atoms with Crippen LogP contribution >= 0.6 is 0 Å². The molecule has 2 unspecified atom stereocenters. The average Bonchev–Trinajstić information content (AvgIpc) is 2.79. The van der Waals surface area contributed by atoms with Crippen LogP contribution in [0.5, 0.6) is 0 Å².